The van der Waals surface area contributed by atoms with Crippen LogP contribution in [0.4, 0.5) is 0 Å². The van der Waals surface area contributed by atoms with Gasteiger partial charge in [-0.25, -0.2) is 18.1 Å². The summed E-state index contributed by atoms with van der Waals surface area (Å²) < 4.78 is 30.9. The van der Waals surface area contributed by atoms with Crippen LogP contribution in [0.3, 0.4) is 0 Å². The molecule has 4 rings (SSSR count). The molecule has 0 saturated carbocycles. The molecule has 0 bridgehead atoms. The topological polar surface area (TPSA) is 104 Å². The van der Waals surface area contributed by atoms with Crippen molar-refractivity contribution in [2.24, 2.45) is 0 Å². The highest BCUT2D eigenvalue weighted by molar-refractivity contribution is 7.91. The molecule has 0 amide bonds. The molecule has 136 valence electrons. The van der Waals surface area contributed by atoms with Crippen molar-refractivity contribution in [1.82, 2.24) is 24.9 Å². The van der Waals surface area contributed by atoms with Crippen LogP contribution in [-0.2, 0) is 9.84 Å². The van der Waals surface area contributed by atoms with Crippen LogP contribution >= 0.6 is 0 Å². The average Bonchev–Trinajstić information content (AvgIpc) is 3.32. The standard InChI is InChI=1S/C17H19N5O3S/c1-11(2)15-9-14(21-25-15)17-19-16(13-5-3-4-7-18-13)20-22(17)12-6-8-26(23,24)10-12/h3-5,7,9,11-12H,6,8,10H2,1-2H3. The number of hydrogen-bond acceptors (Lipinski definition) is 7. The summed E-state index contributed by atoms with van der Waals surface area (Å²) in [6.07, 6.45) is 2.18. The van der Waals surface area contributed by atoms with E-state index in [9.17, 15) is 8.42 Å². The predicted octanol–water partition coefficient (Wildman–Crippen LogP) is 2.48. The van der Waals surface area contributed by atoms with Gasteiger partial charge in [-0.3, -0.25) is 4.98 Å². The van der Waals surface area contributed by atoms with Gasteiger partial charge in [-0.05, 0) is 18.6 Å². The Labute approximate surface area is 151 Å². The highest BCUT2D eigenvalue weighted by atomic mass is 32.2. The SMILES string of the molecule is CC(C)c1cc(-c2nc(-c3ccccn3)nn2C2CCS(=O)(=O)C2)no1. The highest BCUT2D eigenvalue weighted by Crippen LogP contribution is 2.30. The summed E-state index contributed by atoms with van der Waals surface area (Å²) in [5.41, 5.74) is 1.17. The maximum Gasteiger partial charge on any atom is 0.200 e. The third-order valence-corrected chi connectivity index (χ3v) is 6.16. The van der Waals surface area contributed by atoms with Crippen molar-refractivity contribution in [3.8, 4) is 23.0 Å². The van der Waals surface area contributed by atoms with Crippen LogP contribution in [0, 0.1) is 0 Å². The van der Waals surface area contributed by atoms with Crippen LogP contribution < -0.4 is 0 Å². The van der Waals surface area contributed by atoms with Crippen LogP contribution in [-0.4, -0.2) is 44.8 Å². The lowest BCUT2D eigenvalue weighted by atomic mass is 10.1. The Balaban J connectivity index is 1.81. The first-order valence-electron chi connectivity index (χ1n) is 8.48. The lowest BCUT2D eigenvalue weighted by Gasteiger charge is -2.09. The van der Waals surface area contributed by atoms with E-state index in [-0.39, 0.29) is 23.5 Å². The third-order valence-electron chi connectivity index (χ3n) is 4.41. The van der Waals surface area contributed by atoms with E-state index in [4.69, 9.17) is 4.52 Å². The molecule has 1 unspecified atom stereocenters. The van der Waals surface area contributed by atoms with Crippen LogP contribution in [0.2, 0.25) is 0 Å². The summed E-state index contributed by atoms with van der Waals surface area (Å²) in [5.74, 6) is 2.09. The number of rotatable bonds is 4. The molecule has 0 radical (unpaired) electrons. The zero-order valence-corrected chi connectivity index (χ0v) is 15.3. The molecule has 1 saturated heterocycles. The smallest absolute Gasteiger partial charge is 0.200 e. The van der Waals surface area contributed by atoms with Gasteiger partial charge in [-0.2, -0.15) is 0 Å². The molecule has 3 aromatic rings. The highest BCUT2D eigenvalue weighted by Gasteiger charge is 2.33. The Morgan fingerprint density at radius 2 is 2.12 bits per heavy atom. The second-order valence-corrected chi connectivity index (χ2v) is 8.97. The van der Waals surface area contributed by atoms with Gasteiger partial charge in [-0.1, -0.05) is 25.1 Å². The minimum atomic E-state index is -3.05. The van der Waals surface area contributed by atoms with Gasteiger partial charge < -0.3 is 4.52 Å². The molecule has 1 atom stereocenters. The van der Waals surface area contributed by atoms with Crippen molar-refractivity contribution in [3.63, 3.8) is 0 Å². The summed E-state index contributed by atoms with van der Waals surface area (Å²) in [4.78, 5) is 8.87. The molecule has 0 aliphatic carbocycles. The van der Waals surface area contributed by atoms with Crippen molar-refractivity contribution in [2.45, 2.75) is 32.2 Å². The van der Waals surface area contributed by atoms with E-state index < -0.39 is 9.84 Å². The third kappa shape index (κ3) is 3.14. The van der Waals surface area contributed by atoms with Crippen molar-refractivity contribution in [2.75, 3.05) is 11.5 Å². The summed E-state index contributed by atoms with van der Waals surface area (Å²) in [5, 5.41) is 8.67. The van der Waals surface area contributed by atoms with Crippen LogP contribution in [0.5, 0.6) is 0 Å². The fourth-order valence-corrected chi connectivity index (χ4v) is 4.68. The molecular weight excluding hydrogens is 354 g/mol. The van der Waals surface area contributed by atoms with Gasteiger partial charge in [0.2, 0.25) is 0 Å². The van der Waals surface area contributed by atoms with Gasteiger partial charge in [0.25, 0.3) is 0 Å². The molecule has 0 spiro atoms. The number of pyridine rings is 1. The molecule has 1 aliphatic heterocycles. The van der Waals surface area contributed by atoms with Crippen molar-refractivity contribution >= 4 is 9.84 Å². The lowest BCUT2D eigenvalue weighted by Crippen LogP contribution is -2.14. The molecule has 0 N–H and O–H groups in total. The van der Waals surface area contributed by atoms with Gasteiger partial charge in [0.05, 0.1) is 17.5 Å². The summed E-state index contributed by atoms with van der Waals surface area (Å²) in [6, 6.07) is 7.06. The van der Waals surface area contributed by atoms with Gasteiger partial charge >= 0.3 is 0 Å². The van der Waals surface area contributed by atoms with Gasteiger partial charge in [0.15, 0.2) is 27.2 Å². The summed E-state index contributed by atoms with van der Waals surface area (Å²) in [7, 11) is -3.05. The van der Waals surface area contributed by atoms with E-state index in [1.807, 2.05) is 38.1 Å². The molecule has 9 heteroatoms. The van der Waals surface area contributed by atoms with Crippen molar-refractivity contribution < 1.29 is 12.9 Å². The van der Waals surface area contributed by atoms with Crippen LogP contribution in [0.25, 0.3) is 23.0 Å². The second-order valence-electron chi connectivity index (χ2n) is 6.74. The molecule has 26 heavy (non-hydrogen) atoms. The number of hydrogen-bond donors (Lipinski definition) is 0. The Morgan fingerprint density at radius 3 is 2.73 bits per heavy atom. The fourth-order valence-electron chi connectivity index (χ4n) is 2.99. The lowest BCUT2D eigenvalue weighted by molar-refractivity contribution is 0.372. The molecule has 1 aliphatic rings. The maximum absolute atomic E-state index is 11.9. The van der Waals surface area contributed by atoms with E-state index in [2.05, 4.69) is 20.2 Å². The van der Waals surface area contributed by atoms with E-state index in [0.29, 0.717) is 29.5 Å². The van der Waals surface area contributed by atoms with E-state index in [0.717, 1.165) is 5.76 Å². The molecule has 4 heterocycles. The van der Waals surface area contributed by atoms with E-state index >= 15 is 0 Å². The quantitative estimate of drug-likeness (QED) is 0.692. The fraction of sp³-hybridized carbons (Fsp3) is 0.412. The maximum atomic E-state index is 11.9. The van der Waals surface area contributed by atoms with Gasteiger partial charge in [0, 0.05) is 18.2 Å². The average molecular weight is 373 g/mol. The van der Waals surface area contributed by atoms with Crippen LogP contribution in [0.1, 0.15) is 38.0 Å². The summed E-state index contributed by atoms with van der Waals surface area (Å²) >= 11 is 0. The molecule has 1 fully saturated rings. The second kappa shape index (κ2) is 6.31. The monoisotopic (exact) mass is 373 g/mol. The summed E-state index contributed by atoms with van der Waals surface area (Å²) in [6.45, 7) is 4.02. The molecule has 3 aromatic heterocycles. The Hall–Kier alpha value is -2.55. The minimum absolute atomic E-state index is 0.0555. The first kappa shape index (κ1) is 16.9. The van der Waals surface area contributed by atoms with Crippen molar-refractivity contribution in [3.05, 3.63) is 36.2 Å². The van der Waals surface area contributed by atoms with Crippen LogP contribution in [0.15, 0.2) is 35.0 Å². The Kier molecular flexibility index (Phi) is 4.10. The van der Waals surface area contributed by atoms with Crippen molar-refractivity contribution in [1.29, 1.82) is 0 Å². The number of aromatic nitrogens is 5. The van der Waals surface area contributed by atoms with E-state index in [1.165, 1.54) is 0 Å². The first-order valence-corrected chi connectivity index (χ1v) is 10.3. The van der Waals surface area contributed by atoms with Gasteiger partial charge in [-0.15, -0.1) is 5.10 Å². The molecule has 0 aromatic carbocycles. The molecule has 8 nitrogen and oxygen atoms in total. The Bertz CT molecular complexity index is 1020. The minimum Gasteiger partial charge on any atom is -0.360 e. The number of sulfone groups is 1. The number of nitrogens with zero attached hydrogens (tertiary/aromatic N) is 5. The zero-order chi connectivity index (χ0) is 18.3. The molecular formula is C17H19N5O3S. The Morgan fingerprint density at radius 1 is 1.27 bits per heavy atom. The first-order chi connectivity index (χ1) is 12.4. The largest absolute Gasteiger partial charge is 0.360 e. The predicted molar refractivity (Wildman–Crippen MR) is 95.1 cm³/mol. The zero-order valence-electron chi connectivity index (χ0n) is 14.5. The van der Waals surface area contributed by atoms with E-state index in [1.54, 1.807) is 10.9 Å². The normalized spacial score (nSPS) is 19.3. The van der Waals surface area contributed by atoms with Gasteiger partial charge in [0.1, 0.15) is 11.5 Å².